The number of carbonyl (C=O) groups is 1. The molecule has 0 fully saturated rings. The van der Waals surface area contributed by atoms with Crippen molar-refractivity contribution in [3.63, 3.8) is 0 Å². The molecule has 3 N–H and O–H groups in total. The minimum absolute atomic E-state index is 0.264. The number of hydrogen-bond donors (Lipinski definition) is 2. The molecular weight excluding hydrogens is 287 g/mol. The first kappa shape index (κ1) is 14.1. The second-order valence-electron chi connectivity index (χ2n) is 5.37. The number of aryl methyl sites for hydroxylation is 2. The quantitative estimate of drug-likeness (QED) is 0.856. The molecule has 1 aliphatic carbocycles. The van der Waals surface area contributed by atoms with Gasteiger partial charge >= 0.3 is 0 Å². The Morgan fingerprint density at radius 3 is 2.90 bits per heavy atom. The van der Waals surface area contributed by atoms with E-state index in [0.29, 0.717) is 17.8 Å². The van der Waals surface area contributed by atoms with Gasteiger partial charge in [0.05, 0.1) is 6.54 Å². The predicted molar refractivity (Wildman–Crippen MR) is 83.1 cm³/mol. The molecule has 0 saturated carbocycles. The minimum atomic E-state index is -0.449. The molecule has 2 aromatic rings. The van der Waals surface area contributed by atoms with E-state index in [1.54, 1.807) is 18.3 Å². The second kappa shape index (κ2) is 5.48. The van der Waals surface area contributed by atoms with Crippen LogP contribution in [0.15, 0.2) is 18.2 Å². The molecular formula is C16H17FN2OS. The van der Waals surface area contributed by atoms with Crippen LogP contribution in [0.1, 0.15) is 37.7 Å². The Morgan fingerprint density at radius 2 is 2.19 bits per heavy atom. The third-order valence-corrected chi connectivity index (χ3v) is 5.10. The summed E-state index contributed by atoms with van der Waals surface area (Å²) in [6.45, 7) is 2.07. The summed E-state index contributed by atoms with van der Waals surface area (Å²) in [6.07, 6.45) is 3.52. The van der Waals surface area contributed by atoms with Crippen LogP contribution >= 0.6 is 11.3 Å². The molecule has 5 heteroatoms. The van der Waals surface area contributed by atoms with Crippen molar-refractivity contribution in [2.75, 3.05) is 5.73 Å². The minimum Gasteiger partial charge on any atom is -0.398 e. The van der Waals surface area contributed by atoms with Gasteiger partial charge in [0.2, 0.25) is 0 Å². The molecule has 0 radical (unpaired) electrons. The van der Waals surface area contributed by atoms with Gasteiger partial charge in [-0.05, 0) is 49.9 Å². The van der Waals surface area contributed by atoms with Crippen molar-refractivity contribution in [1.29, 1.82) is 0 Å². The van der Waals surface area contributed by atoms with Gasteiger partial charge in [0, 0.05) is 26.6 Å². The van der Waals surface area contributed by atoms with Crippen LogP contribution < -0.4 is 11.1 Å². The zero-order valence-electron chi connectivity index (χ0n) is 11.8. The number of benzene rings is 1. The molecule has 0 unspecified atom stereocenters. The summed E-state index contributed by atoms with van der Waals surface area (Å²) >= 11 is 1.75. The van der Waals surface area contributed by atoms with Gasteiger partial charge in [-0.3, -0.25) is 4.79 Å². The highest BCUT2D eigenvalue weighted by Crippen LogP contribution is 2.30. The van der Waals surface area contributed by atoms with Crippen LogP contribution in [0.2, 0.25) is 0 Å². The lowest BCUT2D eigenvalue weighted by molar-refractivity contribution is 0.0951. The molecule has 3 nitrogen and oxygen atoms in total. The third kappa shape index (κ3) is 2.78. The molecule has 21 heavy (non-hydrogen) atoms. The average Bonchev–Trinajstić information content (AvgIpc) is 3.02. The van der Waals surface area contributed by atoms with Gasteiger partial charge in [-0.1, -0.05) is 0 Å². The molecule has 0 spiro atoms. The molecule has 0 atom stereocenters. The molecule has 0 saturated heterocycles. The van der Waals surface area contributed by atoms with E-state index in [9.17, 15) is 9.18 Å². The number of nitrogens with one attached hydrogen (secondary N) is 1. The highest BCUT2D eigenvalue weighted by atomic mass is 32.1. The van der Waals surface area contributed by atoms with E-state index in [-0.39, 0.29) is 11.5 Å². The maximum absolute atomic E-state index is 13.6. The van der Waals surface area contributed by atoms with Crippen molar-refractivity contribution >= 4 is 22.9 Å². The van der Waals surface area contributed by atoms with Gasteiger partial charge in [0.1, 0.15) is 5.82 Å². The van der Waals surface area contributed by atoms with Gasteiger partial charge in [-0.25, -0.2) is 4.39 Å². The molecule has 1 aliphatic rings. The number of rotatable bonds is 3. The van der Waals surface area contributed by atoms with Crippen LogP contribution in [0.3, 0.4) is 0 Å². The monoisotopic (exact) mass is 304 g/mol. The molecule has 110 valence electrons. The molecule has 1 amide bonds. The summed E-state index contributed by atoms with van der Waals surface area (Å²) in [5.41, 5.74) is 8.05. The summed E-state index contributed by atoms with van der Waals surface area (Å²) in [6, 6.07) is 4.91. The van der Waals surface area contributed by atoms with Crippen molar-refractivity contribution in [2.24, 2.45) is 0 Å². The van der Waals surface area contributed by atoms with Gasteiger partial charge < -0.3 is 11.1 Å². The van der Waals surface area contributed by atoms with Gasteiger partial charge in [-0.2, -0.15) is 0 Å². The van der Waals surface area contributed by atoms with E-state index in [2.05, 4.69) is 11.4 Å². The van der Waals surface area contributed by atoms with Crippen molar-refractivity contribution in [2.45, 2.75) is 32.7 Å². The standard InChI is InChI=1S/C16H17FN2OS/c1-9-13(17)6-11(7-14(9)18)16(20)19-8-12-5-10-3-2-4-15(10)21-12/h5-7H,2-4,8,18H2,1H3,(H,19,20). The molecule has 1 aromatic heterocycles. The predicted octanol–water partition coefficient (Wildman–Crippen LogP) is 3.20. The van der Waals surface area contributed by atoms with E-state index in [1.165, 1.54) is 29.0 Å². The Balaban J connectivity index is 1.68. The van der Waals surface area contributed by atoms with Crippen LogP contribution in [0.5, 0.6) is 0 Å². The van der Waals surface area contributed by atoms with Crippen LogP contribution in [0, 0.1) is 12.7 Å². The number of carbonyl (C=O) groups excluding carboxylic acids is 1. The number of nitrogen functional groups attached to an aromatic ring is 1. The first-order chi connectivity index (χ1) is 10.0. The summed E-state index contributed by atoms with van der Waals surface area (Å²) < 4.78 is 13.6. The Labute approximate surface area is 127 Å². The maximum Gasteiger partial charge on any atom is 0.251 e. The lowest BCUT2D eigenvalue weighted by Gasteiger charge is -2.07. The highest BCUT2D eigenvalue weighted by molar-refractivity contribution is 7.12. The Hall–Kier alpha value is -1.88. The molecule has 0 aliphatic heterocycles. The maximum atomic E-state index is 13.6. The van der Waals surface area contributed by atoms with Crippen molar-refractivity contribution < 1.29 is 9.18 Å². The lowest BCUT2D eigenvalue weighted by atomic mass is 10.1. The van der Waals surface area contributed by atoms with Crippen LogP contribution in [-0.4, -0.2) is 5.91 Å². The number of fused-ring (bicyclic) bond motifs is 1. The molecule has 3 rings (SSSR count). The topological polar surface area (TPSA) is 55.1 Å². The number of amides is 1. The number of thiophene rings is 1. The summed E-state index contributed by atoms with van der Waals surface area (Å²) in [5, 5.41) is 2.83. The Kier molecular flexibility index (Phi) is 3.68. The van der Waals surface area contributed by atoms with Gasteiger partial charge in [-0.15, -0.1) is 11.3 Å². The van der Waals surface area contributed by atoms with E-state index in [1.807, 2.05) is 0 Å². The summed E-state index contributed by atoms with van der Waals surface area (Å²) in [7, 11) is 0. The summed E-state index contributed by atoms with van der Waals surface area (Å²) in [4.78, 5) is 14.7. The first-order valence-corrected chi connectivity index (χ1v) is 7.80. The Bertz CT molecular complexity index is 664. The lowest BCUT2D eigenvalue weighted by Crippen LogP contribution is -2.22. The van der Waals surface area contributed by atoms with Crippen molar-refractivity contribution in [1.82, 2.24) is 5.32 Å². The van der Waals surface area contributed by atoms with Crippen molar-refractivity contribution in [3.05, 3.63) is 50.5 Å². The van der Waals surface area contributed by atoms with E-state index in [4.69, 9.17) is 5.73 Å². The van der Waals surface area contributed by atoms with E-state index in [0.717, 1.165) is 17.7 Å². The van der Waals surface area contributed by atoms with Crippen LogP contribution in [0.25, 0.3) is 0 Å². The number of nitrogens with two attached hydrogens (primary N) is 1. The number of hydrogen-bond acceptors (Lipinski definition) is 3. The van der Waals surface area contributed by atoms with Crippen LogP contribution in [0.4, 0.5) is 10.1 Å². The smallest absolute Gasteiger partial charge is 0.251 e. The molecule has 0 bridgehead atoms. The average molecular weight is 304 g/mol. The fourth-order valence-electron chi connectivity index (χ4n) is 2.58. The second-order valence-corrected chi connectivity index (χ2v) is 6.59. The van der Waals surface area contributed by atoms with Crippen molar-refractivity contribution in [3.8, 4) is 0 Å². The van der Waals surface area contributed by atoms with Gasteiger partial charge in [0.25, 0.3) is 5.91 Å². The number of anilines is 1. The normalized spacial score (nSPS) is 13.2. The zero-order chi connectivity index (χ0) is 15.0. The van der Waals surface area contributed by atoms with Gasteiger partial charge in [0.15, 0.2) is 0 Å². The first-order valence-electron chi connectivity index (χ1n) is 6.99. The fourth-order valence-corrected chi connectivity index (χ4v) is 3.78. The Morgan fingerprint density at radius 1 is 1.38 bits per heavy atom. The van der Waals surface area contributed by atoms with E-state index >= 15 is 0 Å². The SMILES string of the molecule is Cc1c(N)cc(C(=O)NCc2cc3c(s2)CCC3)cc1F. The zero-order valence-corrected chi connectivity index (χ0v) is 12.6. The highest BCUT2D eigenvalue weighted by Gasteiger charge is 2.16. The number of halogens is 1. The third-order valence-electron chi connectivity index (χ3n) is 3.87. The summed E-state index contributed by atoms with van der Waals surface area (Å²) in [5.74, 6) is -0.746. The van der Waals surface area contributed by atoms with E-state index < -0.39 is 5.82 Å². The molecule has 1 aromatic carbocycles. The van der Waals surface area contributed by atoms with Crippen LogP contribution in [-0.2, 0) is 19.4 Å². The molecule has 1 heterocycles. The largest absolute Gasteiger partial charge is 0.398 e. The fraction of sp³-hybridized carbons (Fsp3) is 0.312.